The van der Waals surface area contributed by atoms with Crippen LogP contribution in [0.2, 0.25) is 5.02 Å². The number of non-ortho nitro benzene ring substituents is 1. The van der Waals surface area contributed by atoms with E-state index < -0.39 is 4.92 Å². The number of anilines is 2. The number of rotatable bonds is 1. The standard InChI is InChI=1S/C6H5ClN2O2.C6H5N3S/c7-5-2-1-4(9(10)11)3-6(5)8;7-4-1-2-6-5(3-4)8-9-10-6/h1-3H,8H2;1-3H,7H2. The molecule has 0 saturated heterocycles. The molecule has 0 aliphatic heterocycles. The van der Waals surface area contributed by atoms with Crippen molar-refractivity contribution in [2.24, 2.45) is 0 Å². The molecule has 0 bridgehead atoms. The molecule has 1 aromatic heterocycles. The third-order valence-corrected chi connectivity index (χ3v) is 3.51. The summed E-state index contributed by atoms with van der Waals surface area (Å²) in [6, 6.07) is 9.52. The first-order valence-corrected chi connectivity index (χ1v) is 6.79. The predicted molar refractivity (Wildman–Crippen MR) is 84.3 cm³/mol. The summed E-state index contributed by atoms with van der Waals surface area (Å²) in [4.78, 5) is 9.65. The maximum Gasteiger partial charge on any atom is 0.271 e. The lowest BCUT2D eigenvalue weighted by Gasteiger charge is -1.95. The van der Waals surface area contributed by atoms with E-state index in [1.165, 1.54) is 29.7 Å². The maximum absolute atomic E-state index is 10.2. The second-order valence-corrected chi connectivity index (χ2v) is 5.16. The van der Waals surface area contributed by atoms with E-state index in [2.05, 4.69) is 9.59 Å². The van der Waals surface area contributed by atoms with Crippen molar-refractivity contribution >= 4 is 50.4 Å². The number of hydrogen-bond donors (Lipinski definition) is 2. The molecule has 0 unspecified atom stereocenters. The van der Waals surface area contributed by atoms with Gasteiger partial charge in [-0.3, -0.25) is 10.1 Å². The first-order valence-electron chi connectivity index (χ1n) is 5.64. The second kappa shape index (κ2) is 6.33. The molecule has 0 saturated carbocycles. The van der Waals surface area contributed by atoms with E-state index in [0.717, 1.165) is 15.9 Å². The SMILES string of the molecule is Nc1cc([N+](=O)[O-])ccc1Cl.Nc1ccc2snnc2c1. The van der Waals surface area contributed by atoms with Crippen molar-refractivity contribution < 1.29 is 4.92 Å². The topological polar surface area (TPSA) is 121 Å². The van der Waals surface area contributed by atoms with Crippen molar-refractivity contribution in [3.8, 4) is 0 Å². The van der Waals surface area contributed by atoms with Gasteiger partial charge < -0.3 is 11.5 Å². The molecule has 21 heavy (non-hydrogen) atoms. The number of nitrogens with zero attached hydrogens (tertiary/aromatic N) is 3. The number of nitrogen functional groups attached to an aromatic ring is 2. The van der Waals surface area contributed by atoms with Gasteiger partial charge in [-0.05, 0) is 35.8 Å². The van der Waals surface area contributed by atoms with Gasteiger partial charge in [0.1, 0.15) is 5.52 Å². The van der Waals surface area contributed by atoms with E-state index in [1.54, 1.807) is 0 Å². The highest BCUT2D eigenvalue weighted by Crippen LogP contribution is 2.23. The summed E-state index contributed by atoms with van der Waals surface area (Å²) >= 11 is 6.92. The summed E-state index contributed by atoms with van der Waals surface area (Å²) in [5, 5.41) is 14.4. The number of nitro benzene ring substituents is 1. The lowest BCUT2D eigenvalue weighted by molar-refractivity contribution is -0.384. The number of benzene rings is 2. The van der Waals surface area contributed by atoms with Gasteiger partial charge in [0.15, 0.2) is 0 Å². The lowest BCUT2D eigenvalue weighted by atomic mass is 10.3. The van der Waals surface area contributed by atoms with Crippen LogP contribution >= 0.6 is 23.1 Å². The number of hydrogen-bond acceptors (Lipinski definition) is 7. The molecular weight excluding hydrogens is 314 g/mol. The van der Waals surface area contributed by atoms with Crippen LogP contribution in [-0.4, -0.2) is 14.5 Å². The Kier molecular flexibility index (Phi) is 4.51. The number of halogens is 1. The Morgan fingerprint density at radius 2 is 1.95 bits per heavy atom. The minimum atomic E-state index is -0.521. The quantitative estimate of drug-likeness (QED) is 0.403. The molecule has 0 fully saturated rings. The molecule has 3 rings (SSSR count). The van der Waals surface area contributed by atoms with Crippen molar-refractivity contribution in [2.75, 3.05) is 11.5 Å². The van der Waals surface area contributed by atoms with Gasteiger partial charge in [0, 0.05) is 17.8 Å². The van der Waals surface area contributed by atoms with E-state index in [1.807, 2.05) is 18.2 Å². The Morgan fingerprint density at radius 1 is 1.19 bits per heavy atom. The van der Waals surface area contributed by atoms with Crippen molar-refractivity contribution in [3.05, 3.63) is 51.5 Å². The van der Waals surface area contributed by atoms with E-state index in [0.29, 0.717) is 5.02 Å². The van der Waals surface area contributed by atoms with Crippen LogP contribution in [0.1, 0.15) is 0 Å². The molecule has 0 atom stereocenters. The van der Waals surface area contributed by atoms with Crippen LogP contribution in [0.15, 0.2) is 36.4 Å². The van der Waals surface area contributed by atoms with Gasteiger partial charge in [-0.15, -0.1) is 5.10 Å². The Balaban J connectivity index is 0.000000154. The van der Waals surface area contributed by atoms with Crippen LogP contribution < -0.4 is 11.5 Å². The Morgan fingerprint density at radius 3 is 2.62 bits per heavy atom. The zero-order chi connectivity index (χ0) is 15.4. The second-order valence-electron chi connectivity index (χ2n) is 3.96. The van der Waals surface area contributed by atoms with Crippen LogP contribution in [0.5, 0.6) is 0 Å². The molecule has 0 aliphatic carbocycles. The van der Waals surface area contributed by atoms with E-state index >= 15 is 0 Å². The van der Waals surface area contributed by atoms with Crippen molar-refractivity contribution in [3.63, 3.8) is 0 Å². The van der Waals surface area contributed by atoms with Crippen LogP contribution in [0.25, 0.3) is 10.2 Å². The molecule has 7 nitrogen and oxygen atoms in total. The highest BCUT2D eigenvalue weighted by Gasteiger charge is 2.06. The molecule has 4 N–H and O–H groups in total. The summed E-state index contributed by atoms with van der Waals surface area (Å²) in [5.41, 5.74) is 12.6. The zero-order valence-corrected chi connectivity index (χ0v) is 12.1. The molecule has 2 aromatic carbocycles. The van der Waals surface area contributed by atoms with Gasteiger partial charge in [0.2, 0.25) is 0 Å². The predicted octanol–water partition coefficient (Wildman–Crippen LogP) is 3.10. The first kappa shape index (κ1) is 14.9. The number of aromatic nitrogens is 2. The summed E-state index contributed by atoms with van der Waals surface area (Å²) in [7, 11) is 0. The van der Waals surface area contributed by atoms with Crippen LogP contribution in [-0.2, 0) is 0 Å². The van der Waals surface area contributed by atoms with Gasteiger partial charge in [-0.25, -0.2) is 0 Å². The number of fused-ring (bicyclic) bond motifs is 1. The molecule has 1 heterocycles. The summed E-state index contributed by atoms with van der Waals surface area (Å²) in [5.74, 6) is 0. The molecule has 3 aromatic rings. The number of nitrogens with two attached hydrogens (primary N) is 2. The fraction of sp³-hybridized carbons (Fsp3) is 0. The molecule has 0 aliphatic rings. The fourth-order valence-electron chi connectivity index (χ4n) is 1.44. The largest absolute Gasteiger partial charge is 0.399 e. The van der Waals surface area contributed by atoms with Gasteiger partial charge >= 0.3 is 0 Å². The van der Waals surface area contributed by atoms with Crippen LogP contribution in [0.4, 0.5) is 17.1 Å². The Bertz CT molecular complexity index is 792. The smallest absolute Gasteiger partial charge is 0.271 e. The number of nitro groups is 1. The maximum atomic E-state index is 10.2. The average molecular weight is 324 g/mol. The van der Waals surface area contributed by atoms with E-state index in [4.69, 9.17) is 23.1 Å². The molecule has 0 spiro atoms. The van der Waals surface area contributed by atoms with Gasteiger partial charge in [-0.2, -0.15) is 0 Å². The summed E-state index contributed by atoms with van der Waals surface area (Å²) < 4.78 is 4.86. The summed E-state index contributed by atoms with van der Waals surface area (Å²) in [6.45, 7) is 0. The molecule has 0 amide bonds. The third-order valence-electron chi connectivity index (χ3n) is 2.46. The molecule has 9 heteroatoms. The van der Waals surface area contributed by atoms with E-state index in [9.17, 15) is 10.1 Å². The lowest BCUT2D eigenvalue weighted by Crippen LogP contribution is -1.91. The average Bonchev–Trinajstić information content (AvgIpc) is 2.89. The van der Waals surface area contributed by atoms with Crippen molar-refractivity contribution in [1.29, 1.82) is 0 Å². The first-order chi connectivity index (χ1) is 9.97. The minimum Gasteiger partial charge on any atom is -0.399 e. The third kappa shape index (κ3) is 3.77. The Hall–Kier alpha value is -2.45. The molecular formula is C12H10ClN5O2S. The van der Waals surface area contributed by atoms with Crippen LogP contribution in [0.3, 0.4) is 0 Å². The fourth-order valence-corrected chi connectivity index (χ4v) is 2.10. The normalized spacial score (nSPS) is 9.95. The van der Waals surface area contributed by atoms with Crippen molar-refractivity contribution in [1.82, 2.24) is 9.59 Å². The monoisotopic (exact) mass is 323 g/mol. The highest BCUT2D eigenvalue weighted by molar-refractivity contribution is 7.12. The Labute approximate surface area is 128 Å². The van der Waals surface area contributed by atoms with Gasteiger partial charge in [0.25, 0.3) is 5.69 Å². The van der Waals surface area contributed by atoms with Crippen LogP contribution in [0, 0.1) is 10.1 Å². The highest BCUT2D eigenvalue weighted by atomic mass is 35.5. The zero-order valence-electron chi connectivity index (χ0n) is 10.6. The van der Waals surface area contributed by atoms with Gasteiger partial charge in [-0.1, -0.05) is 16.1 Å². The van der Waals surface area contributed by atoms with Gasteiger partial charge in [0.05, 0.1) is 20.3 Å². The summed E-state index contributed by atoms with van der Waals surface area (Å²) in [6.07, 6.45) is 0. The van der Waals surface area contributed by atoms with E-state index in [-0.39, 0.29) is 11.4 Å². The minimum absolute atomic E-state index is 0.0492. The molecule has 0 radical (unpaired) electrons. The molecule has 108 valence electrons. The van der Waals surface area contributed by atoms with Crippen molar-refractivity contribution in [2.45, 2.75) is 0 Å².